The van der Waals surface area contributed by atoms with Gasteiger partial charge >= 0.3 is 0 Å². The van der Waals surface area contributed by atoms with E-state index in [2.05, 4.69) is 15.5 Å². The van der Waals surface area contributed by atoms with Gasteiger partial charge in [0, 0.05) is 12.8 Å². The molecule has 1 amide bonds. The second-order valence-corrected chi connectivity index (χ2v) is 4.90. The van der Waals surface area contributed by atoms with E-state index in [1.807, 2.05) is 0 Å². The van der Waals surface area contributed by atoms with Crippen molar-refractivity contribution in [3.8, 4) is 0 Å². The van der Waals surface area contributed by atoms with Gasteiger partial charge in [0.2, 0.25) is 11.8 Å². The smallest absolute Gasteiger partial charge is 0.223 e. The fourth-order valence-corrected chi connectivity index (χ4v) is 2.38. The number of nitrogens with two attached hydrogens (primary N) is 1. The first kappa shape index (κ1) is 13.0. The summed E-state index contributed by atoms with van der Waals surface area (Å²) in [5.74, 6) is 1.84. The highest BCUT2D eigenvalue weighted by Crippen LogP contribution is 2.28. The van der Waals surface area contributed by atoms with Gasteiger partial charge in [0.1, 0.15) is 0 Å². The monoisotopic (exact) mass is 252 g/mol. The minimum Gasteiger partial charge on any atom is -0.348 e. The highest BCUT2D eigenvalue weighted by atomic mass is 16.5. The van der Waals surface area contributed by atoms with Crippen molar-refractivity contribution in [1.29, 1.82) is 0 Å². The number of amides is 1. The number of hydrogen-bond acceptors (Lipinski definition) is 5. The molecule has 1 fully saturated rings. The molecule has 1 heterocycles. The van der Waals surface area contributed by atoms with E-state index in [0.29, 0.717) is 24.2 Å². The molecule has 0 unspecified atom stereocenters. The predicted octanol–water partition coefficient (Wildman–Crippen LogP) is 0.759. The maximum Gasteiger partial charge on any atom is 0.223 e. The molecule has 0 atom stereocenters. The Bertz CT molecular complexity index is 397. The average Bonchev–Trinajstić information content (AvgIpc) is 2.82. The second kappa shape index (κ2) is 5.95. The average molecular weight is 252 g/mol. The number of carbonyl (C=O) groups is 1. The normalized spacial score (nSPS) is 23.9. The zero-order chi connectivity index (χ0) is 13.0. The lowest BCUT2D eigenvalue weighted by atomic mass is 9.81. The first-order chi connectivity index (χ1) is 8.69. The summed E-state index contributed by atoms with van der Waals surface area (Å²) in [7, 11) is 0. The Morgan fingerprint density at radius 1 is 1.44 bits per heavy atom. The third kappa shape index (κ3) is 3.29. The molecule has 1 aromatic rings. The predicted molar refractivity (Wildman–Crippen MR) is 65.4 cm³/mol. The Balaban J connectivity index is 1.75. The minimum absolute atomic E-state index is 0.0907. The van der Waals surface area contributed by atoms with E-state index < -0.39 is 0 Å². The van der Waals surface area contributed by atoms with Crippen LogP contribution in [0, 0.1) is 18.8 Å². The van der Waals surface area contributed by atoms with Crippen LogP contribution in [-0.2, 0) is 11.3 Å². The van der Waals surface area contributed by atoms with Crippen LogP contribution in [0.25, 0.3) is 0 Å². The molecule has 0 aliphatic heterocycles. The van der Waals surface area contributed by atoms with E-state index in [1.54, 1.807) is 6.92 Å². The second-order valence-electron chi connectivity index (χ2n) is 4.90. The van der Waals surface area contributed by atoms with Gasteiger partial charge in [-0.2, -0.15) is 4.98 Å². The number of nitrogens with zero attached hydrogens (tertiary/aromatic N) is 2. The van der Waals surface area contributed by atoms with E-state index in [1.165, 1.54) is 0 Å². The summed E-state index contributed by atoms with van der Waals surface area (Å²) in [4.78, 5) is 16.0. The molecule has 6 nitrogen and oxygen atoms in total. The lowest BCUT2D eigenvalue weighted by Crippen LogP contribution is -2.34. The maximum atomic E-state index is 11.9. The fraction of sp³-hybridized carbons (Fsp3) is 0.750. The molecular weight excluding hydrogens is 232 g/mol. The molecule has 0 saturated heterocycles. The molecule has 0 spiro atoms. The van der Waals surface area contributed by atoms with Crippen LogP contribution in [0.1, 0.15) is 37.4 Å². The highest BCUT2D eigenvalue weighted by molar-refractivity contribution is 5.78. The first-order valence-electron chi connectivity index (χ1n) is 6.46. The lowest BCUT2D eigenvalue weighted by Gasteiger charge is -2.26. The maximum absolute atomic E-state index is 11.9. The molecule has 3 N–H and O–H groups in total. The van der Waals surface area contributed by atoms with E-state index in [0.717, 1.165) is 32.2 Å². The Morgan fingerprint density at radius 3 is 2.72 bits per heavy atom. The molecule has 0 bridgehead atoms. The van der Waals surface area contributed by atoms with E-state index in [4.69, 9.17) is 10.3 Å². The van der Waals surface area contributed by atoms with Gasteiger partial charge in [-0.05, 0) is 38.1 Å². The van der Waals surface area contributed by atoms with Crippen molar-refractivity contribution in [2.24, 2.45) is 17.6 Å². The van der Waals surface area contributed by atoms with Gasteiger partial charge in [-0.25, -0.2) is 0 Å². The third-order valence-corrected chi connectivity index (χ3v) is 3.54. The summed E-state index contributed by atoms with van der Waals surface area (Å²) in [6, 6.07) is 0. The SMILES string of the molecule is Cc1nc(CNC(=O)C2CCC(CN)CC2)no1. The number of nitrogens with one attached hydrogen (secondary N) is 1. The molecule has 0 radical (unpaired) electrons. The topological polar surface area (TPSA) is 94.0 Å². The van der Waals surface area contributed by atoms with E-state index in [-0.39, 0.29) is 11.8 Å². The number of aromatic nitrogens is 2. The van der Waals surface area contributed by atoms with E-state index in [9.17, 15) is 4.79 Å². The van der Waals surface area contributed by atoms with Crippen LogP contribution in [-0.4, -0.2) is 22.6 Å². The number of hydrogen-bond donors (Lipinski definition) is 2. The van der Waals surface area contributed by atoms with Crippen molar-refractivity contribution in [2.45, 2.75) is 39.2 Å². The Labute approximate surface area is 106 Å². The molecule has 100 valence electrons. The molecule has 1 saturated carbocycles. The zero-order valence-corrected chi connectivity index (χ0v) is 10.7. The van der Waals surface area contributed by atoms with Crippen LogP contribution in [0.2, 0.25) is 0 Å². The largest absolute Gasteiger partial charge is 0.348 e. The van der Waals surface area contributed by atoms with Gasteiger partial charge in [0.15, 0.2) is 5.82 Å². The van der Waals surface area contributed by atoms with Gasteiger partial charge in [0.05, 0.1) is 6.54 Å². The van der Waals surface area contributed by atoms with Crippen LogP contribution in [0.5, 0.6) is 0 Å². The molecule has 0 aromatic carbocycles. The molecular formula is C12H20N4O2. The highest BCUT2D eigenvalue weighted by Gasteiger charge is 2.25. The van der Waals surface area contributed by atoms with Crippen LogP contribution in [0.4, 0.5) is 0 Å². The van der Waals surface area contributed by atoms with Gasteiger partial charge in [-0.15, -0.1) is 0 Å². The van der Waals surface area contributed by atoms with Crippen molar-refractivity contribution < 1.29 is 9.32 Å². The molecule has 1 aliphatic rings. The molecule has 1 aliphatic carbocycles. The summed E-state index contributed by atoms with van der Waals surface area (Å²) in [5.41, 5.74) is 5.63. The molecule has 2 rings (SSSR count). The van der Waals surface area contributed by atoms with Gasteiger partial charge in [-0.3, -0.25) is 4.79 Å². The zero-order valence-electron chi connectivity index (χ0n) is 10.7. The van der Waals surface area contributed by atoms with Crippen LogP contribution >= 0.6 is 0 Å². The van der Waals surface area contributed by atoms with Gasteiger partial charge < -0.3 is 15.6 Å². The lowest BCUT2D eigenvalue weighted by molar-refractivity contribution is -0.126. The third-order valence-electron chi connectivity index (χ3n) is 3.54. The standard InChI is InChI=1S/C12H20N4O2/c1-8-15-11(16-18-8)7-14-12(17)10-4-2-9(6-13)3-5-10/h9-10H,2-7,13H2,1H3,(H,14,17). The fourth-order valence-electron chi connectivity index (χ4n) is 2.38. The molecule has 1 aromatic heterocycles. The van der Waals surface area contributed by atoms with Crippen LogP contribution < -0.4 is 11.1 Å². The molecule has 18 heavy (non-hydrogen) atoms. The van der Waals surface area contributed by atoms with Crippen molar-refractivity contribution in [1.82, 2.24) is 15.5 Å². The summed E-state index contributed by atoms with van der Waals surface area (Å²) in [6.07, 6.45) is 3.96. The Morgan fingerprint density at radius 2 is 2.17 bits per heavy atom. The Hall–Kier alpha value is -1.43. The van der Waals surface area contributed by atoms with Crippen LogP contribution in [0.15, 0.2) is 4.52 Å². The summed E-state index contributed by atoms with van der Waals surface area (Å²) in [5, 5.41) is 6.60. The first-order valence-corrected chi connectivity index (χ1v) is 6.46. The summed E-state index contributed by atoms with van der Waals surface area (Å²) >= 11 is 0. The Kier molecular flexibility index (Phi) is 4.30. The van der Waals surface area contributed by atoms with Crippen molar-refractivity contribution in [2.75, 3.05) is 6.54 Å². The number of rotatable bonds is 4. The van der Waals surface area contributed by atoms with Gasteiger partial charge in [-0.1, -0.05) is 5.16 Å². The van der Waals surface area contributed by atoms with Gasteiger partial charge in [0.25, 0.3) is 0 Å². The molecule has 6 heteroatoms. The van der Waals surface area contributed by atoms with E-state index >= 15 is 0 Å². The van der Waals surface area contributed by atoms with Crippen molar-refractivity contribution >= 4 is 5.91 Å². The number of aryl methyl sites for hydroxylation is 1. The number of carbonyl (C=O) groups excluding carboxylic acids is 1. The van der Waals surface area contributed by atoms with Crippen LogP contribution in [0.3, 0.4) is 0 Å². The minimum atomic E-state index is 0.0907. The quantitative estimate of drug-likeness (QED) is 0.825. The summed E-state index contributed by atoms with van der Waals surface area (Å²) in [6.45, 7) is 2.80. The summed E-state index contributed by atoms with van der Waals surface area (Å²) < 4.78 is 4.84. The van der Waals surface area contributed by atoms with Crippen molar-refractivity contribution in [3.05, 3.63) is 11.7 Å². The van der Waals surface area contributed by atoms with Crippen molar-refractivity contribution in [3.63, 3.8) is 0 Å².